The molecule has 0 amide bonds. The molecule has 2 aromatic carbocycles. The molecule has 2 rings (SSSR count). The number of hydrogen-bond acceptors (Lipinski definition) is 2. The van der Waals surface area contributed by atoms with Crippen molar-refractivity contribution in [2.24, 2.45) is 0 Å². The average molecular weight is 232 g/mol. The van der Waals surface area contributed by atoms with Gasteiger partial charge in [-0.1, -0.05) is 36.4 Å². The lowest BCUT2D eigenvalue weighted by Gasteiger charge is -2.15. The lowest BCUT2D eigenvalue weighted by atomic mass is 10.3. The average Bonchev–Trinajstić information content (AvgIpc) is 2.38. The molecule has 16 heavy (non-hydrogen) atoms. The summed E-state index contributed by atoms with van der Waals surface area (Å²) in [5.41, 5.74) is 0. The van der Waals surface area contributed by atoms with E-state index in [1.54, 1.807) is 7.11 Å². The molecule has 82 valence electrons. The van der Waals surface area contributed by atoms with Crippen molar-refractivity contribution in [2.45, 2.75) is 0 Å². The first-order valence-corrected chi connectivity index (χ1v) is 6.20. The highest BCUT2D eigenvalue weighted by molar-refractivity contribution is 7.56. The van der Waals surface area contributed by atoms with Gasteiger partial charge in [-0.05, 0) is 24.3 Å². The fourth-order valence-corrected chi connectivity index (χ4v) is 2.44. The van der Waals surface area contributed by atoms with Gasteiger partial charge in [-0.15, -0.1) is 0 Å². The molecular weight excluding hydrogens is 219 g/mol. The molecule has 1 unspecified atom stereocenters. The molecule has 0 saturated heterocycles. The fourth-order valence-electron chi connectivity index (χ4n) is 1.32. The molecule has 0 N–H and O–H groups in total. The van der Waals surface area contributed by atoms with Crippen LogP contribution in [0.4, 0.5) is 0 Å². The van der Waals surface area contributed by atoms with E-state index in [0.717, 1.165) is 11.1 Å². The molecule has 0 spiro atoms. The molecule has 0 bridgehead atoms. The van der Waals surface area contributed by atoms with Crippen LogP contribution in [0.5, 0.6) is 5.75 Å². The van der Waals surface area contributed by atoms with Crippen molar-refractivity contribution in [3.63, 3.8) is 0 Å². The lowest BCUT2D eigenvalue weighted by Crippen LogP contribution is -2.05. The van der Waals surface area contributed by atoms with Gasteiger partial charge in [-0.25, -0.2) is 0 Å². The van der Waals surface area contributed by atoms with E-state index < -0.39 is 8.38 Å². The summed E-state index contributed by atoms with van der Waals surface area (Å²) in [6, 6.07) is 19.7. The van der Waals surface area contributed by atoms with Crippen LogP contribution in [0.3, 0.4) is 0 Å². The lowest BCUT2D eigenvalue weighted by molar-refractivity contribution is 0.405. The van der Waals surface area contributed by atoms with E-state index in [-0.39, 0.29) is 0 Å². The minimum absolute atomic E-state index is 0.833. The molecule has 2 nitrogen and oxygen atoms in total. The highest BCUT2D eigenvalue weighted by atomic mass is 31.2. The molecule has 0 aromatic heterocycles. The minimum atomic E-state index is -1.03. The van der Waals surface area contributed by atoms with E-state index in [4.69, 9.17) is 9.05 Å². The standard InChI is InChI=1S/C13H13O2P/c1-14-16(13-10-6-3-7-11-13)15-12-8-4-2-5-9-12/h2-11H,1H3. The molecular formula is C13H13O2P. The summed E-state index contributed by atoms with van der Waals surface area (Å²) in [5, 5.41) is 1.07. The van der Waals surface area contributed by atoms with Crippen molar-refractivity contribution in [3.8, 4) is 5.75 Å². The maximum absolute atomic E-state index is 5.79. The normalized spacial score (nSPS) is 12.1. The Morgan fingerprint density at radius 3 is 1.94 bits per heavy atom. The first-order valence-electron chi connectivity index (χ1n) is 5.02. The van der Waals surface area contributed by atoms with E-state index in [2.05, 4.69) is 0 Å². The Morgan fingerprint density at radius 1 is 0.812 bits per heavy atom. The molecule has 2 aromatic rings. The van der Waals surface area contributed by atoms with E-state index in [1.165, 1.54) is 0 Å². The van der Waals surface area contributed by atoms with Gasteiger partial charge in [0, 0.05) is 12.4 Å². The minimum Gasteiger partial charge on any atom is -0.444 e. The van der Waals surface area contributed by atoms with Crippen molar-refractivity contribution in [2.75, 3.05) is 7.11 Å². The number of hydrogen-bond donors (Lipinski definition) is 0. The smallest absolute Gasteiger partial charge is 0.264 e. The van der Waals surface area contributed by atoms with Crippen LogP contribution in [0.2, 0.25) is 0 Å². The second-order valence-corrected chi connectivity index (χ2v) is 4.76. The fraction of sp³-hybridized carbons (Fsp3) is 0.0769. The van der Waals surface area contributed by atoms with Gasteiger partial charge in [0.1, 0.15) is 5.75 Å². The number of benzene rings is 2. The third kappa shape index (κ3) is 2.82. The van der Waals surface area contributed by atoms with Crippen molar-refractivity contribution in [1.29, 1.82) is 0 Å². The molecule has 0 fully saturated rings. The third-order valence-corrected chi connectivity index (χ3v) is 3.49. The second-order valence-electron chi connectivity index (χ2n) is 3.18. The molecule has 0 heterocycles. The van der Waals surface area contributed by atoms with Gasteiger partial charge < -0.3 is 9.05 Å². The van der Waals surface area contributed by atoms with Crippen molar-refractivity contribution in [1.82, 2.24) is 0 Å². The molecule has 0 saturated carbocycles. The Kier molecular flexibility index (Phi) is 3.92. The number of para-hydroxylation sites is 1. The maximum Gasteiger partial charge on any atom is 0.264 e. The summed E-state index contributed by atoms with van der Waals surface area (Å²) < 4.78 is 11.2. The highest BCUT2D eigenvalue weighted by Crippen LogP contribution is 2.37. The van der Waals surface area contributed by atoms with Crippen molar-refractivity contribution < 1.29 is 9.05 Å². The molecule has 1 atom stereocenters. The topological polar surface area (TPSA) is 18.5 Å². The molecule has 3 heteroatoms. The van der Waals surface area contributed by atoms with E-state index >= 15 is 0 Å². The predicted molar refractivity (Wildman–Crippen MR) is 67.1 cm³/mol. The van der Waals surface area contributed by atoms with Crippen LogP contribution < -0.4 is 9.83 Å². The number of rotatable bonds is 4. The summed E-state index contributed by atoms with van der Waals surface area (Å²) in [6.45, 7) is 0. The van der Waals surface area contributed by atoms with Crippen LogP contribution in [0, 0.1) is 0 Å². The predicted octanol–water partition coefficient (Wildman–Crippen LogP) is 3.35. The van der Waals surface area contributed by atoms with Gasteiger partial charge in [0.05, 0.1) is 0 Å². The van der Waals surface area contributed by atoms with Crippen LogP contribution in [-0.2, 0) is 4.52 Å². The van der Waals surface area contributed by atoms with Crippen LogP contribution >= 0.6 is 8.38 Å². The van der Waals surface area contributed by atoms with Gasteiger partial charge in [-0.2, -0.15) is 0 Å². The van der Waals surface area contributed by atoms with Gasteiger partial charge in [0.25, 0.3) is 8.38 Å². The van der Waals surface area contributed by atoms with E-state index in [1.807, 2.05) is 60.7 Å². The molecule has 0 aliphatic rings. The first kappa shape index (κ1) is 11.1. The van der Waals surface area contributed by atoms with Gasteiger partial charge in [0.15, 0.2) is 0 Å². The zero-order valence-corrected chi connectivity index (χ0v) is 9.93. The molecule has 0 aliphatic heterocycles. The quantitative estimate of drug-likeness (QED) is 0.752. The third-order valence-electron chi connectivity index (χ3n) is 2.06. The van der Waals surface area contributed by atoms with Crippen molar-refractivity contribution >= 4 is 13.7 Å². The SMILES string of the molecule is COP(Oc1ccccc1)c1ccccc1. The van der Waals surface area contributed by atoms with Crippen LogP contribution in [0.1, 0.15) is 0 Å². The second kappa shape index (κ2) is 5.64. The Labute approximate surface area is 96.8 Å². The molecule has 0 radical (unpaired) electrons. The summed E-state index contributed by atoms with van der Waals surface area (Å²) >= 11 is 0. The summed E-state index contributed by atoms with van der Waals surface area (Å²) in [6.07, 6.45) is 0. The van der Waals surface area contributed by atoms with E-state index in [9.17, 15) is 0 Å². The van der Waals surface area contributed by atoms with Crippen molar-refractivity contribution in [3.05, 3.63) is 60.7 Å². The summed E-state index contributed by atoms with van der Waals surface area (Å²) in [4.78, 5) is 0. The van der Waals surface area contributed by atoms with E-state index in [0.29, 0.717) is 0 Å². The van der Waals surface area contributed by atoms with Crippen LogP contribution in [0.15, 0.2) is 60.7 Å². The first-order chi connectivity index (χ1) is 7.90. The zero-order chi connectivity index (χ0) is 11.2. The Hall–Kier alpha value is -1.37. The van der Waals surface area contributed by atoms with Crippen LogP contribution in [-0.4, -0.2) is 7.11 Å². The molecule has 0 aliphatic carbocycles. The Balaban J connectivity index is 2.13. The Morgan fingerprint density at radius 2 is 1.38 bits per heavy atom. The monoisotopic (exact) mass is 232 g/mol. The highest BCUT2D eigenvalue weighted by Gasteiger charge is 2.12. The largest absolute Gasteiger partial charge is 0.444 e. The zero-order valence-electron chi connectivity index (χ0n) is 9.04. The van der Waals surface area contributed by atoms with Gasteiger partial charge in [-0.3, -0.25) is 0 Å². The summed E-state index contributed by atoms with van der Waals surface area (Å²) in [5.74, 6) is 0.833. The Bertz CT molecular complexity index is 416. The van der Waals surface area contributed by atoms with Gasteiger partial charge >= 0.3 is 0 Å². The van der Waals surface area contributed by atoms with Gasteiger partial charge in [0.2, 0.25) is 0 Å². The van der Waals surface area contributed by atoms with Crippen LogP contribution in [0.25, 0.3) is 0 Å². The maximum atomic E-state index is 5.79. The summed E-state index contributed by atoms with van der Waals surface area (Å²) in [7, 11) is 0.638.